The van der Waals surface area contributed by atoms with E-state index in [0.29, 0.717) is 31.2 Å². The highest BCUT2D eigenvalue weighted by Crippen LogP contribution is 2.16. The Balaban J connectivity index is 2.11. The number of thiol groups is 1. The molecule has 0 saturated heterocycles. The zero-order chi connectivity index (χ0) is 11.8. The van der Waals surface area contributed by atoms with Crippen LogP contribution in [0.3, 0.4) is 0 Å². The van der Waals surface area contributed by atoms with E-state index in [9.17, 15) is 4.79 Å². The van der Waals surface area contributed by atoms with E-state index in [1.165, 1.54) is 11.3 Å². The van der Waals surface area contributed by atoms with Crippen molar-refractivity contribution in [3.05, 3.63) is 16.3 Å². The maximum atomic E-state index is 11.5. The summed E-state index contributed by atoms with van der Waals surface area (Å²) < 4.78 is 10.0. The van der Waals surface area contributed by atoms with E-state index in [-0.39, 0.29) is 5.91 Å². The van der Waals surface area contributed by atoms with Crippen molar-refractivity contribution in [1.29, 1.82) is 0 Å². The topological polar surface area (TPSA) is 47.6 Å². The molecule has 0 aliphatic rings. The van der Waals surface area contributed by atoms with Crippen LogP contribution in [0.25, 0.3) is 0 Å². The van der Waals surface area contributed by atoms with Gasteiger partial charge in [-0.1, -0.05) is 0 Å². The van der Waals surface area contributed by atoms with Gasteiger partial charge in [-0.3, -0.25) is 4.79 Å². The zero-order valence-corrected chi connectivity index (χ0v) is 10.8. The number of nitrogens with one attached hydrogen (secondary N) is 1. The van der Waals surface area contributed by atoms with Crippen LogP contribution in [0.15, 0.2) is 16.3 Å². The zero-order valence-electron chi connectivity index (χ0n) is 9.06. The Kier molecular flexibility index (Phi) is 6.47. The number of carbonyl (C=O) groups is 1. The first-order valence-electron chi connectivity index (χ1n) is 4.86. The van der Waals surface area contributed by atoms with Gasteiger partial charge in [0.05, 0.1) is 24.7 Å². The number of hydrogen-bond acceptors (Lipinski definition) is 5. The van der Waals surface area contributed by atoms with Crippen LogP contribution in [0.5, 0.6) is 0 Å². The molecule has 0 unspecified atom stereocenters. The second kappa shape index (κ2) is 7.67. The Morgan fingerprint density at radius 3 is 2.94 bits per heavy atom. The summed E-state index contributed by atoms with van der Waals surface area (Å²) in [6.45, 7) is 2.12. The van der Waals surface area contributed by atoms with Gasteiger partial charge in [-0.2, -0.15) is 0 Å². The summed E-state index contributed by atoms with van der Waals surface area (Å²) >= 11 is 5.52. The fourth-order valence-electron chi connectivity index (χ4n) is 1.01. The third kappa shape index (κ3) is 4.98. The predicted molar refractivity (Wildman–Crippen MR) is 66.6 cm³/mol. The quantitative estimate of drug-likeness (QED) is 0.576. The lowest BCUT2D eigenvalue weighted by Gasteiger charge is -2.04. The molecule has 0 aromatic carbocycles. The second-order valence-electron chi connectivity index (χ2n) is 3.03. The summed E-state index contributed by atoms with van der Waals surface area (Å²) in [6, 6.07) is 1.74. The summed E-state index contributed by atoms with van der Waals surface area (Å²) in [4.78, 5) is 13.0. The van der Waals surface area contributed by atoms with Crippen molar-refractivity contribution in [2.75, 3.05) is 33.5 Å². The number of methoxy groups -OCH3 is 1. The van der Waals surface area contributed by atoms with Gasteiger partial charge in [0.2, 0.25) is 0 Å². The van der Waals surface area contributed by atoms with Gasteiger partial charge in [0, 0.05) is 23.9 Å². The molecule has 16 heavy (non-hydrogen) atoms. The minimum Gasteiger partial charge on any atom is -0.382 e. The first-order valence-corrected chi connectivity index (χ1v) is 6.19. The molecule has 0 bridgehead atoms. The molecule has 4 nitrogen and oxygen atoms in total. The van der Waals surface area contributed by atoms with Gasteiger partial charge >= 0.3 is 0 Å². The lowest BCUT2D eigenvalue weighted by molar-refractivity contribution is 0.0693. The lowest BCUT2D eigenvalue weighted by atomic mass is 10.4. The average molecular weight is 261 g/mol. The van der Waals surface area contributed by atoms with Crippen molar-refractivity contribution in [3.63, 3.8) is 0 Å². The number of thiophene rings is 1. The highest BCUT2D eigenvalue weighted by molar-refractivity contribution is 7.80. The molecule has 0 atom stereocenters. The smallest absolute Gasteiger partial charge is 0.261 e. The van der Waals surface area contributed by atoms with Crippen molar-refractivity contribution in [2.24, 2.45) is 0 Å². The number of ether oxygens (including phenoxy) is 2. The minimum atomic E-state index is -0.0827. The molecule has 0 spiro atoms. The van der Waals surface area contributed by atoms with E-state index in [4.69, 9.17) is 9.47 Å². The van der Waals surface area contributed by atoms with E-state index in [0.717, 1.165) is 4.90 Å². The fraction of sp³-hybridized carbons (Fsp3) is 0.500. The summed E-state index contributed by atoms with van der Waals surface area (Å²) in [5.74, 6) is -0.0827. The lowest BCUT2D eigenvalue weighted by Crippen LogP contribution is -2.26. The van der Waals surface area contributed by atoms with Gasteiger partial charge in [-0.15, -0.1) is 24.0 Å². The Bertz CT molecular complexity index is 328. The van der Waals surface area contributed by atoms with E-state index < -0.39 is 0 Å². The standard InChI is InChI=1S/C10H15NO3S2/c1-13-4-5-14-3-2-11-10(12)9-6-8(15)7-16-9/h6-7,15H,2-5H2,1H3,(H,11,12). The van der Waals surface area contributed by atoms with E-state index in [2.05, 4.69) is 17.9 Å². The normalized spacial score (nSPS) is 10.4. The predicted octanol–water partition coefficient (Wildman–Crippen LogP) is 1.43. The van der Waals surface area contributed by atoms with Crippen LogP contribution in [0.1, 0.15) is 9.67 Å². The number of amides is 1. The van der Waals surface area contributed by atoms with E-state index >= 15 is 0 Å². The molecule has 0 aliphatic carbocycles. The minimum absolute atomic E-state index is 0.0827. The summed E-state index contributed by atoms with van der Waals surface area (Å²) in [6.07, 6.45) is 0. The highest BCUT2D eigenvalue weighted by Gasteiger charge is 2.06. The van der Waals surface area contributed by atoms with Crippen LogP contribution < -0.4 is 5.32 Å². The third-order valence-electron chi connectivity index (χ3n) is 1.77. The van der Waals surface area contributed by atoms with E-state index in [1.807, 2.05) is 5.38 Å². The molecule has 0 saturated carbocycles. The van der Waals surface area contributed by atoms with Crippen molar-refractivity contribution in [2.45, 2.75) is 4.90 Å². The molecule has 0 radical (unpaired) electrons. The van der Waals surface area contributed by atoms with Crippen LogP contribution in [0.4, 0.5) is 0 Å². The van der Waals surface area contributed by atoms with Crippen molar-refractivity contribution in [1.82, 2.24) is 5.32 Å². The van der Waals surface area contributed by atoms with Crippen molar-refractivity contribution < 1.29 is 14.3 Å². The SMILES string of the molecule is COCCOCCNC(=O)c1cc(S)cs1. The molecule has 1 heterocycles. The maximum absolute atomic E-state index is 11.5. The maximum Gasteiger partial charge on any atom is 0.261 e. The summed E-state index contributed by atoms with van der Waals surface area (Å²) in [5, 5.41) is 4.59. The Labute approximate surface area is 104 Å². The molecule has 1 amide bonds. The first-order chi connectivity index (χ1) is 7.74. The third-order valence-corrected chi connectivity index (χ3v) is 3.14. The molecule has 0 aliphatic heterocycles. The van der Waals surface area contributed by atoms with Gasteiger partial charge in [-0.25, -0.2) is 0 Å². The molecule has 1 rings (SSSR count). The molecule has 1 aromatic rings. The largest absolute Gasteiger partial charge is 0.382 e. The highest BCUT2D eigenvalue weighted by atomic mass is 32.1. The van der Waals surface area contributed by atoms with Crippen molar-refractivity contribution >= 4 is 29.9 Å². The van der Waals surface area contributed by atoms with Gasteiger partial charge in [-0.05, 0) is 6.07 Å². The number of carbonyl (C=O) groups excluding carboxylic acids is 1. The van der Waals surface area contributed by atoms with Crippen LogP contribution >= 0.6 is 24.0 Å². The molecular formula is C10H15NO3S2. The molecule has 6 heteroatoms. The van der Waals surface area contributed by atoms with Crippen molar-refractivity contribution in [3.8, 4) is 0 Å². The van der Waals surface area contributed by atoms with E-state index in [1.54, 1.807) is 13.2 Å². The van der Waals surface area contributed by atoms with Gasteiger partial charge < -0.3 is 14.8 Å². The van der Waals surface area contributed by atoms with Gasteiger partial charge in [0.1, 0.15) is 0 Å². The van der Waals surface area contributed by atoms with Crippen LogP contribution in [0, 0.1) is 0 Å². The van der Waals surface area contributed by atoms with Crippen LogP contribution in [-0.4, -0.2) is 39.4 Å². The van der Waals surface area contributed by atoms with Crippen LogP contribution in [0.2, 0.25) is 0 Å². The number of hydrogen-bond donors (Lipinski definition) is 2. The molecule has 1 N–H and O–H groups in total. The Morgan fingerprint density at radius 2 is 2.31 bits per heavy atom. The van der Waals surface area contributed by atoms with Gasteiger partial charge in [0.25, 0.3) is 5.91 Å². The molecular weight excluding hydrogens is 246 g/mol. The number of rotatable bonds is 7. The molecule has 90 valence electrons. The summed E-state index contributed by atoms with van der Waals surface area (Å²) in [7, 11) is 1.62. The fourth-order valence-corrected chi connectivity index (χ4v) is 2.08. The molecule has 0 fully saturated rings. The second-order valence-corrected chi connectivity index (χ2v) is 4.46. The average Bonchev–Trinajstić information content (AvgIpc) is 2.70. The monoisotopic (exact) mass is 261 g/mol. The Hall–Kier alpha value is -0.560. The first kappa shape index (κ1) is 13.5. The van der Waals surface area contributed by atoms with Crippen LogP contribution in [-0.2, 0) is 9.47 Å². The van der Waals surface area contributed by atoms with Gasteiger partial charge in [0.15, 0.2) is 0 Å². The molecule has 1 aromatic heterocycles. The summed E-state index contributed by atoms with van der Waals surface area (Å²) in [5.41, 5.74) is 0. The Morgan fingerprint density at radius 1 is 1.50 bits per heavy atom.